The first-order valence-electron chi connectivity index (χ1n) is 8.69. The highest BCUT2D eigenvalue weighted by Crippen LogP contribution is 2.20. The minimum absolute atomic E-state index is 0.0229. The first-order chi connectivity index (χ1) is 12.2. The van der Waals surface area contributed by atoms with Crippen molar-refractivity contribution in [2.75, 3.05) is 26.7 Å². The Labute approximate surface area is 147 Å². The normalized spacial score (nSPS) is 17.2. The minimum Gasteiger partial charge on any atom is -0.497 e. The smallest absolute Gasteiger partial charge is 0.227 e. The number of aryl methyl sites for hydroxylation is 1. The maximum absolute atomic E-state index is 12.0. The van der Waals surface area contributed by atoms with Gasteiger partial charge < -0.3 is 19.9 Å². The molecule has 2 N–H and O–H groups in total. The lowest BCUT2D eigenvalue weighted by Crippen LogP contribution is -2.38. The van der Waals surface area contributed by atoms with E-state index in [9.17, 15) is 4.79 Å². The minimum atomic E-state index is 0.0229. The van der Waals surface area contributed by atoms with E-state index in [2.05, 4.69) is 20.8 Å². The van der Waals surface area contributed by atoms with Gasteiger partial charge in [0, 0.05) is 24.9 Å². The number of benzene rings is 1. The van der Waals surface area contributed by atoms with Gasteiger partial charge >= 0.3 is 0 Å². The zero-order valence-electron chi connectivity index (χ0n) is 14.5. The monoisotopic (exact) mass is 344 g/mol. The molecule has 0 bridgehead atoms. The summed E-state index contributed by atoms with van der Waals surface area (Å²) in [6.07, 6.45) is 3.14. The Balaban J connectivity index is 1.45. The van der Waals surface area contributed by atoms with E-state index in [4.69, 9.17) is 9.26 Å². The fraction of sp³-hybridized carbons (Fsp3) is 0.500. The van der Waals surface area contributed by atoms with Crippen LogP contribution in [-0.4, -0.2) is 42.8 Å². The summed E-state index contributed by atoms with van der Waals surface area (Å²) in [5.74, 6) is 2.32. The molecule has 1 amide bonds. The number of aromatic nitrogens is 2. The highest BCUT2D eigenvalue weighted by molar-refractivity contribution is 5.76. The molecule has 1 aromatic carbocycles. The summed E-state index contributed by atoms with van der Waals surface area (Å²) in [5, 5.41) is 10.3. The van der Waals surface area contributed by atoms with Crippen LogP contribution in [0.1, 0.15) is 25.2 Å². The van der Waals surface area contributed by atoms with Gasteiger partial charge in [-0.25, -0.2) is 0 Å². The molecule has 0 aliphatic carbocycles. The van der Waals surface area contributed by atoms with Crippen molar-refractivity contribution in [3.8, 4) is 17.1 Å². The van der Waals surface area contributed by atoms with E-state index in [-0.39, 0.29) is 5.91 Å². The van der Waals surface area contributed by atoms with Crippen molar-refractivity contribution in [1.82, 2.24) is 20.8 Å². The Morgan fingerprint density at radius 3 is 2.96 bits per heavy atom. The maximum Gasteiger partial charge on any atom is 0.227 e. The summed E-state index contributed by atoms with van der Waals surface area (Å²) in [6.45, 7) is 2.79. The third kappa shape index (κ3) is 5.03. The molecule has 7 nitrogen and oxygen atoms in total. The summed E-state index contributed by atoms with van der Waals surface area (Å²) in [4.78, 5) is 16.3. The molecule has 1 saturated heterocycles. The predicted octanol–water partition coefficient (Wildman–Crippen LogP) is 1.79. The van der Waals surface area contributed by atoms with Crippen LogP contribution in [0.25, 0.3) is 11.4 Å². The number of amides is 1. The Hall–Kier alpha value is -2.41. The second-order valence-electron chi connectivity index (χ2n) is 6.26. The van der Waals surface area contributed by atoms with Gasteiger partial charge in [0.15, 0.2) is 0 Å². The first kappa shape index (κ1) is 17.4. The zero-order valence-corrected chi connectivity index (χ0v) is 14.5. The zero-order chi connectivity index (χ0) is 17.5. The van der Waals surface area contributed by atoms with Gasteiger partial charge in [-0.15, -0.1) is 0 Å². The SMILES string of the molecule is COc1ccc(-c2noc(CCC(=O)NCC3CCCNC3)n2)cc1. The van der Waals surface area contributed by atoms with E-state index in [0.717, 1.165) is 30.9 Å². The van der Waals surface area contributed by atoms with Crippen LogP contribution in [0.5, 0.6) is 5.75 Å². The van der Waals surface area contributed by atoms with Gasteiger partial charge in [0.05, 0.1) is 7.11 Å². The highest BCUT2D eigenvalue weighted by Gasteiger charge is 2.15. The molecule has 1 aromatic heterocycles. The van der Waals surface area contributed by atoms with Crippen LogP contribution in [0.4, 0.5) is 0 Å². The molecule has 1 aliphatic rings. The molecule has 0 spiro atoms. The molecule has 25 heavy (non-hydrogen) atoms. The van der Waals surface area contributed by atoms with Crippen molar-refractivity contribution in [3.63, 3.8) is 0 Å². The largest absolute Gasteiger partial charge is 0.497 e. The van der Waals surface area contributed by atoms with Crippen molar-refractivity contribution in [2.24, 2.45) is 5.92 Å². The topological polar surface area (TPSA) is 89.3 Å². The molecule has 1 aliphatic heterocycles. The molecular formula is C18H24N4O3. The van der Waals surface area contributed by atoms with E-state index >= 15 is 0 Å². The van der Waals surface area contributed by atoms with E-state index in [1.807, 2.05) is 24.3 Å². The van der Waals surface area contributed by atoms with Crippen molar-refractivity contribution in [2.45, 2.75) is 25.7 Å². The van der Waals surface area contributed by atoms with Crippen molar-refractivity contribution in [3.05, 3.63) is 30.2 Å². The standard InChI is InChI=1S/C18H24N4O3/c1-24-15-6-4-14(5-7-15)18-21-17(25-22-18)9-8-16(23)20-12-13-3-2-10-19-11-13/h4-7,13,19H,2-3,8-12H2,1H3,(H,20,23). The number of carbonyl (C=O) groups is 1. The number of piperidine rings is 1. The van der Waals surface area contributed by atoms with E-state index < -0.39 is 0 Å². The molecule has 2 aromatic rings. The van der Waals surface area contributed by atoms with Crippen molar-refractivity contribution >= 4 is 5.91 Å². The number of carbonyl (C=O) groups excluding carboxylic acids is 1. The van der Waals surface area contributed by atoms with Gasteiger partial charge in [0.1, 0.15) is 5.75 Å². The van der Waals surface area contributed by atoms with Crippen LogP contribution in [0.15, 0.2) is 28.8 Å². The van der Waals surface area contributed by atoms with Gasteiger partial charge in [-0.3, -0.25) is 4.79 Å². The number of nitrogens with zero attached hydrogens (tertiary/aromatic N) is 2. The van der Waals surface area contributed by atoms with Gasteiger partial charge in [-0.05, 0) is 56.1 Å². The molecule has 3 rings (SSSR count). The fourth-order valence-electron chi connectivity index (χ4n) is 2.88. The second-order valence-corrected chi connectivity index (χ2v) is 6.26. The number of methoxy groups -OCH3 is 1. The van der Waals surface area contributed by atoms with Crippen LogP contribution in [0, 0.1) is 5.92 Å². The third-order valence-electron chi connectivity index (χ3n) is 4.37. The van der Waals surface area contributed by atoms with Gasteiger partial charge in [0.2, 0.25) is 17.6 Å². The molecule has 0 radical (unpaired) electrons. The molecule has 1 atom stereocenters. The Bertz CT molecular complexity index is 678. The molecule has 1 unspecified atom stereocenters. The number of ether oxygens (including phenoxy) is 1. The molecule has 2 heterocycles. The van der Waals surface area contributed by atoms with Crippen LogP contribution in [0.3, 0.4) is 0 Å². The fourth-order valence-corrected chi connectivity index (χ4v) is 2.88. The lowest BCUT2D eigenvalue weighted by Gasteiger charge is -2.22. The Morgan fingerprint density at radius 2 is 2.24 bits per heavy atom. The predicted molar refractivity (Wildman–Crippen MR) is 93.2 cm³/mol. The van der Waals surface area contributed by atoms with Gasteiger partial charge in [-0.1, -0.05) is 5.16 Å². The summed E-state index contributed by atoms with van der Waals surface area (Å²) in [5.41, 5.74) is 0.852. The number of nitrogens with one attached hydrogen (secondary N) is 2. The summed E-state index contributed by atoms with van der Waals surface area (Å²) in [6, 6.07) is 7.44. The molecule has 0 saturated carbocycles. The number of hydrogen-bond acceptors (Lipinski definition) is 6. The molecular weight excluding hydrogens is 320 g/mol. The quantitative estimate of drug-likeness (QED) is 0.796. The lowest BCUT2D eigenvalue weighted by atomic mass is 10.00. The third-order valence-corrected chi connectivity index (χ3v) is 4.37. The van der Waals surface area contributed by atoms with Crippen LogP contribution < -0.4 is 15.4 Å². The molecule has 1 fully saturated rings. The number of rotatable bonds is 7. The maximum atomic E-state index is 12.0. The average Bonchev–Trinajstić information content (AvgIpc) is 3.14. The van der Waals surface area contributed by atoms with E-state index in [1.165, 1.54) is 12.8 Å². The van der Waals surface area contributed by atoms with Crippen LogP contribution in [-0.2, 0) is 11.2 Å². The summed E-state index contributed by atoms with van der Waals surface area (Å²) >= 11 is 0. The lowest BCUT2D eigenvalue weighted by molar-refractivity contribution is -0.121. The molecule has 134 valence electrons. The Kier molecular flexibility index (Phi) is 6.00. The highest BCUT2D eigenvalue weighted by atomic mass is 16.5. The first-order valence-corrected chi connectivity index (χ1v) is 8.69. The second kappa shape index (κ2) is 8.62. The van der Waals surface area contributed by atoms with Crippen LogP contribution >= 0.6 is 0 Å². The average molecular weight is 344 g/mol. The van der Waals surface area contributed by atoms with Gasteiger partial charge in [-0.2, -0.15) is 4.98 Å². The van der Waals surface area contributed by atoms with E-state index in [1.54, 1.807) is 7.11 Å². The van der Waals surface area contributed by atoms with Crippen LogP contribution in [0.2, 0.25) is 0 Å². The van der Waals surface area contributed by atoms with Gasteiger partial charge in [0.25, 0.3) is 0 Å². The van der Waals surface area contributed by atoms with E-state index in [0.29, 0.717) is 30.5 Å². The summed E-state index contributed by atoms with van der Waals surface area (Å²) < 4.78 is 10.4. The Morgan fingerprint density at radius 1 is 1.40 bits per heavy atom. The number of hydrogen-bond donors (Lipinski definition) is 2. The molecule has 7 heteroatoms. The summed E-state index contributed by atoms with van der Waals surface area (Å²) in [7, 11) is 1.62. The van der Waals surface area contributed by atoms with Crippen molar-refractivity contribution in [1.29, 1.82) is 0 Å². The van der Waals surface area contributed by atoms with Crippen molar-refractivity contribution < 1.29 is 14.1 Å².